The van der Waals surface area contributed by atoms with Gasteiger partial charge in [0.2, 0.25) is 0 Å². The van der Waals surface area contributed by atoms with Crippen molar-refractivity contribution in [2.75, 3.05) is 12.9 Å². The summed E-state index contributed by atoms with van der Waals surface area (Å²) in [7, 11) is 0.0567. The molecule has 2 aromatic carbocycles. The predicted molar refractivity (Wildman–Crippen MR) is 98.1 cm³/mol. The number of aliphatic carboxylic acids is 1. The van der Waals surface area contributed by atoms with Gasteiger partial charge in [0.1, 0.15) is 6.04 Å². The van der Waals surface area contributed by atoms with Gasteiger partial charge in [-0.25, -0.2) is 4.79 Å². The van der Waals surface area contributed by atoms with E-state index in [0.29, 0.717) is 10.5 Å². The summed E-state index contributed by atoms with van der Waals surface area (Å²) < 4.78 is 17.5. The summed E-state index contributed by atoms with van der Waals surface area (Å²) in [6.07, 6.45) is -0.856. The minimum atomic E-state index is -1.33. The SMILES string of the molecule is CO[C@@H](C(=O)N[C@@H](CC[S@](=O)c1ccccc1)C(=O)O)c1ccccc1. The van der Waals surface area contributed by atoms with Gasteiger partial charge in [0.25, 0.3) is 5.91 Å². The lowest BCUT2D eigenvalue weighted by molar-refractivity contribution is -0.144. The van der Waals surface area contributed by atoms with Crippen molar-refractivity contribution in [3.8, 4) is 0 Å². The quantitative estimate of drug-likeness (QED) is 0.700. The number of carbonyl (C=O) groups excluding carboxylic acids is 1. The molecule has 0 aliphatic carbocycles. The summed E-state index contributed by atoms with van der Waals surface area (Å²) >= 11 is 0. The molecular weight excluding hydrogens is 354 g/mol. The third kappa shape index (κ3) is 5.50. The minimum Gasteiger partial charge on any atom is -0.480 e. The highest BCUT2D eigenvalue weighted by Crippen LogP contribution is 2.17. The van der Waals surface area contributed by atoms with Gasteiger partial charge in [0.15, 0.2) is 6.10 Å². The van der Waals surface area contributed by atoms with Crippen LogP contribution in [0, 0.1) is 0 Å². The summed E-state index contributed by atoms with van der Waals surface area (Å²) in [6, 6.07) is 16.5. The van der Waals surface area contributed by atoms with Crippen molar-refractivity contribution in [3.05, 3.63) is 66.2 Å². The fraction of sp³-hybridized carbons (Fsp3) is 0.263. The van der Waals surface area contributed by atoms with E-state index < -0.39 is 34.8 Å². The molecule has 0 aliphatic heterocycles. The average Bonchev–Trinajstić information content (AvgIpc) is 2.66. The van der Waals surface area contributed by atoms with Gasteiger partial charge in [-0.2, -0.15) is 0 Å². The first-order valence-electron chi connectivity index (χ1n) is 8.07. The first-order valence-corrected chi connectivity index (χ1v) is 9.39. The molecule has 0 fully saturated rings. The highest BCUT2D eigenvalue weighted by atomic mass is 32.2. The Morgan fingerprint density at radius 3 is 2.19 bits per heavy atom. The Morgan fingerprint density at radius 2 is 1.65 bits per heavy atom. The summed E-state index contributed by atoms with van der Waals surface area (Å²) in [5.41, 5.74) is 0.629. The summed E-state index contributed by atoms with van der Waals surface area (Å²) in [5, 5.41) is 11.9. The van der Waals surface area contributed by atoms with E-state index in [9.17, 15) is 18.9 Å². The number of hydrogen-bond acceptors (Lipinski definition) is 4. The Balaban J connectivity index is 2.00. The molecule has 0 heterocycles. The van der Waals surface area contributed by atoms with E-state index in [4.69, 9.17) is 4.74 Å². The molecule has 3 atom stereocenters. The standard InChI is InChI=1S/C19H21NO5S/c1-25-17(14-8-4-2-5-9-14)18(21)20-16(19(22)23)12-13-26(24)15-10-6-3-7-11-15/h2-11,16-17H,12-13H2,1H3,(H,20,21)(H,22,23)/t16-,17+,26-/m0/s1. The Morgan fingerprint density at radius 1 is 1.08 bits per heavy atom. The molecule has 26 heavy (non-hydrogen) atoms. The first kappa shape index (κ1) is 19.8. The number of rotatable bonds is 9. The molecule has 6 nitrogen and oxygen atoms in total. The third-order valence-corrected chi connectivity index (χ3v) is 5.19. The highest BCUT2D eigenvalue weighted by Gasteiger charge is 2.26. The lowest BCUT2D eigenvalue weighted by Gasteiger charge is -2.19. The molecule has 0 bridgehead atoms. The number of carbonyl (C=O) groups is 2. The smallest absolute Gasteiger partial charge is 0.326 e. The maximum absolute atomic E-state index is 12.4. The molecule has 2 N–H and O–H groups in total. The predicted octanol–water partition coefficient (Wildman–Crippen LogP) is 2.14. The molecule has 0 saturated carbocycles. The zero-order valence-electron chi connectivity index (χ0n) is 14.3. The van der Waals surface area contributed by atoms with Gasteiger partial charge in [-0.1, -0.05) is 48.5 Å². The molecule has 1 amide bonds. The molecule has 2 rings (SSSR count). The van der Waals surface area contributed by atoms with Crippen LogP contribution in [0.1, 0.15) is 18.1 Å². The summed E-state index contributed by atoms with van der Waals surface area (Å²) in [4.78, 5) is 24.5. The maximum atomic E-state index is 12.4. The van der Waals surface area contributed by atoms with Crippen LogP contribution in [-0.2, 0) is 25.1 Å². The Kier molecular flexibility index (Phi) is 7.50. The number of carboxylic acids is 1. The fourth-order valence-corrected chi connectivity index (χ4v) is 3.59. The summed E-state index contributed by atoms with van der Waals surface area (Å²) in [6.45, 7) is 0. The first-order chi connectivity index (χ1) is 12.5. The summed E-state index contributed by atoms with van der Waals surface area (Å²) in [5.74, 6) is -1.59. The second-order valence-electron chi connectivity index (χ2n) is 5.58. The van der Waals surface area contributed by atoms with E-state index in [1.54, 1.807) is 48.5 Å². The van der Waals surface area contributed by atoms with Crippen molar-refractivity contribution in [2.45, 2.75) is 23.5 Å². The van der Waals surface area contributed by atoms with Gasteiger partial charge in [-0.3, -0.25) is 9.00 Å². The number of hydrogen-bond donors (Lipinski definition) is 2. The molecule has 2 aromatic rings. The average molecular weight is 375 g/mol. The second kappa shape index (κ2) is 9.84. The molecule has 0 aliphatic rings. The maximum Gasteiger partial charge on any atom is 0.326 e. The van der Waals surface area contributed by atoms with Crippen LogP contribution in [0.4, 0.5) is 0 Å². The number of methoxy groups -OCH3 is 1. The van der Waals surface area contributed by atoms with Crippen molar-refractivity contribution in [1.82, 2.24) is 5.32 Å². The molecule has 0 aromatic heterocycles. The number of ether oxygens (including phenoxy) is 1. The lowest BCUT2D eigenvalue weighted by atomic mass is 10.1. The monoisotopic (exact) mass is 375 g/mol. The van der Waals surface area contributed by atoms with Crippen LogP contribution in [0.2, 0.25) is 0 Å². The fourth-order valence-electron chi connectivity index (χ4n) is 2.44. The van der Waals surface area contributed by atoms with E-state index in [2.05, 4.69) is 5.32 Å². The molecule has 0 radical (unpaired) electrons. The number of amides is 1. The molecular formula is C19H21NO5S. The van der Waals surface area contributed by atoms with Crippen LogP contribution in [0.25, 0.3) is 0 Å². The van der Waals surface area contributed by atoms with Gasteiger partial charge in [0.05, 0.1) is 10.8 Å². The Bertz CT molecular complexity index is 751. The van der Waals surface area contributed by atoms with E-state index >= 15 is 0 Å². The topological polar surface area (TPSA) is 92.7 Å². The van der Waals surface area contributed by atoms with Crippen molar-refractivity contribution in [2.24, 2.45) is 0 Å². The van der Waals surface area contributed by atoms with Gasteiger partial charge >= 0.3 is 5.97 Å². The lowest BCUT2D eigenvalue weighted by Crippen LogP contribution is -2.44. The zero-order chi connectivity index (χ0) is 18.9. The van der Waals surface area contributed by atoms with Gasteiger partial charge in [-0.15, -0.1) is 0 Å². The zero-order valence-corrected chi connectivity index (χ0v) is 15.1. The Hall–Kier alpha value is -2.51. The third-order valence-electron chi connectivity index (χ3n) is 3.79. The van der Waals surface area contributed by atoms with Gasteiger partial charge in [-0.05, 0) is 24.1 Å². The van der Waals surface area contributed by atoms with Crippen LogP contribution in [0.5, 0.6) is 0 Å². The van der Waals surface area contributed by atoms with Crippen LogP contribution >= 0.6 is 0 Å². The van der Waals surface area contributed by atoms with Crippen LogP contribution in [-0.4, -0.2) is 40.1 Å². The van der Waals surface area contributed by atoms with Crippen molar-refractivity contribution in [3.63, 3.8) is 0 Å². The van der Waals surface area contributed by atoms with Crippen LogP contribution in [0.3, 0.4) is 0 Å². The largest absolute Gasteiger partial charge is 0.480 e. The second-order valence-corrected chi connectivity index (χ2v) is 7.15. The number of benzene rings is 2. The van der Waals surface area contributed by atoms with Crippen molar-refractivity contribution in [1.29, 1.82) is 0 Å². The van der Waals surface area contributed by atoms with E-state index in [1.807, 2.05) is 12.1 Å². The van der Waals surface area contributed by atoms with Gasteiger partial charge in [0, 0.05) is 17.8 Å². The Labute approximate surface area is 154 Å². The number of carboxylic acid groups (broad SMARTS) is 1. The van der Waals surface area contributed by atoms with Gasteiger partial charge < -0.3 is 15.2 Å². The van der Waals surface area contributed by atoms with Crippen molar-refractivity contribution < 1.29 is 23.6 Å². The van der Waals surface area contributed by atoms with Crippen molar-refractivity contribution >= 4 is 22.7 Å². The highest BCUT2D eigenvalue weighted by molar-refractivity contribution is 7.85. The van der Waals surface area contributed by atoms with Crippen LogP contribution < -0.4 is 5.32 Å². The molecule has 0 saturated heterocycles. The molecule has 0 spiro atoms. The molecule has 7 heteroatoms. The molecule has 138 valence electrons. The van der Waals surface area contributed by atoms with E-state index in [0.717, 1.165) is 0 Å². The number of nitrogens with one attached hydrogen (secondary N) is 1. The minimum absolute atomic E-state index is 0.0494. The normalized spacial score (nSPS) is 14.2. The van der Waals surface area contributed by atoms with Crippen LogP contribution in [0.15, 0.2) is 65.6 Å². The van der Waals surface area contributed by atoms with E-state index in [-0.39, 0.29) is 12.2 Å². The van der Waals surface area contributed by atoms with E-state index in [1.165, 1.54) is 7.11 Å². The molecule has 0 unspecified atom stereocenters.